The maximum Gasteiger partial charge on any atom is 0.339 e. The maximum absolute atomic E-state index is 13.0. The van der Waals surface area contributed by atoms with Crippen LogP contribution in [0.15, 0.2) is 42.5 Å². The fourth-order valence-corrected chi connectivity index (χ4v) is 2.54. The summed E-state index contributed by atoms with van der Waals surface area (Å²) < 4.78 is 36.2. The van der Waals surface area contributed by atoms with E-state index in [-0.39, 0.29) is 31.2 Å². The van der Waals surface area contributed by atoms with Crippen molar-refractivity contribution in [2.45, 2.75) is 12.5 Å². The molecule has 1 N–H and O–H groups in total. The van der Waals surface area contributed by atoms with Crippen molar-refractivity contribution in [2.75, 3.05) is 13.2 Å². The Hall–Kier alpha value is -2.96. The first-order valence-electron chi connectivity index (χ1n) is 7.69. The number of hydrogen-bond acceptors (Lipinski definition) is 4. The molecule has 2 aromatic rings. The lowest BCUT2D eigenvalue weighted by atomic mass is 10.0. The highest BCUT2D eigenvalue weighted by molar-refractivity contribution is 5.94. The van der Waals surface area contributed by atoms with E-state index in [1.807, 2.05) is 0 Å². The van der Waals surface area contributed by atoms with Gasteiger partial charge < -0.3 is 14.8 Å². The van der Waals surface area contributed by atoms with Crippen molar-refractivity contribution in [2.24, 2.45) is 0 Å². The normalized spacial score (nSPS) is 15.4. The fourth-order valence-electron chi connectivity index (χ4n) is 2.54. The van der Waals surface area contributed by atoms with E-state index in [4.69, 9.17) is 9.47 Å². The smallest absolute Gasteiger partial charge is 0.339 e. The Labute approximate surface area is 142 Å². The molecule has 1 atom stereocenters. The number of hydrogen-bond donors (Lipinski definition) is 1. The Morgan fingerprint density at radius 1 is 1.16 bits per heavy atom. The first-order valence-corrected chi connectivity index (χ1v) is 7.69. The molecule has 0 aliphatic carbocycles. The molecule has 0 radical (unpaired) electrons. The molecule has 1 amide bonds. The number of cyclic esters (lactones) is 1. The van der Waals surface area contributed by atoms with Gasteiger partial charge in [0.2, 0.25) is 5.91 Å². The van der Waals surface area contributed by atoms with Crippen molar-refractivity contribution in [3.8, 4) is 5.75 Å². The number of benzene rings is 2. The van der Waals surface area contributed by atoms with E-state index >= 15 is 0 Å². The number of ether oxygens (including phenoxy) is 2. The van der Waals surface area contributed by atoms with Crippen LogP contribution in [0.4, 0.5) is 8.78 Å². The van der Waals surface area contributed by atoms with Crippen LogP contribution in [0.2, 0.25) is 0 Å². The second-order valence-corrected chi connectivity index (χ2v) is 5.46. The van der Waals surface area contributed by atoms with Gasteiger partial charge in [0.15, 0.2) is 11.6 Å². The molecule has 130 valence electrons. The fraction of sp³-hybridized carbons (Fsp3) is 0.222. The topological polar surface area (TPSA) is 64.6 Å². The highest BCUT2D eigenvalue weighted by Crippen LogP contribution is 2.32. The van der Waals surface area contributed by atoms with E-state index in [1.165, 1.54) is 6.07 Å². The summed E-state index contributed by atoms with van der Waals surface area (Å²) in [6.07, 6.45) is -0.593. The van der Waals surface area contributed by atoms with E-state index < -0.39 is 23.7 Å². The van der Waals surface area contributed by atoms with Gasteiger partial charge in [-0.3, -0.25) is 4.79 Å². The van der Waals surface area contributed by atoms with E-state index in [9.17, 15) is 18.4 Å². The Morgan fingerprint density at radius 3 is 2.76 bits per heavy atom. The molecule has 3 rings (SSSR count). The second kappa shape index (κ2) is 7.29. The molecular formula is C18H15F2NO4. The summed E-state index contributed by atoms with van der Waals surface area (Å²) in [6, 6.07) is 10.1. The van der Waals surface area contributed by atoms with Crippen molar-refractivity contribution in [1.29, 1.82) is 0 Å². The quantitative estimate of drug-likeness (QED) is 0.645. The minimum absolute atomic E-state index is 0.00787. The summed E-state index contributed by atoms with van der Waals surface area (Å²) in [5.74, 6) is -2.51. The monoisotopic (exact) mass is 347 g/mol. The van der Waals surface area contributed by atoms with Crippen LogP contribution in [-0.4, -0.2) is 25.0 Å². The first-order chi connectivity index (χ1) is 12.0. The maximum atomic E-state index is 13.0. The zero-order valence-electron chi connectivity index (χ0n) is 13.1. The van der Waals surface area contributed by atoms with Crippen LogP contribution in [-0.2, 0) is 9.53 Å². The molecule has 1 aliphatic rings. The van der Waals surface area contributed by atoms with Gasteiger partial charge in [-0.2, -0.15) is 0 Å². The van der Waals surface area contributed by atoms with Gasteiger partial charge in [-0.05, 0) is 18.2 Å². The Kier molecular flexibility index (Phi) is 4.92. The molecule has 0 saturated carbocycles. The van der Waals surface area contributed by atoms with Crippen molar-refractivity contribution in [3.63, 3.8) is 0 Å². The SMILES string of the molecule is O=C(C[C@@H]1OC(=O)c2ccccc21)NCCOc1ccc(F)c(F)c1. The van der Waals surface area contributed by atoms with Gasteiger partial charge in [0, 0.05) is 11.6 Å². The van der Waals surface area contributed by atoms with Crippen molar-refractivity contribution >= 4 is 11.9 Å². The zero-order valence-corrected chi connectivity index (χ0v) is 13.1. The summed E-state index contributed by atoms with van der Waals surface area (Å²) >= 11 is 0. The third-order valence-corrected chi connectivity index (χ3v) is 3.73. The Bertz CT molecular complexity index is 809. The van der Waals surface area contributed by atoms with E-state index in [1.54, 1.807) is 24.3 Å². The number of carbonyl (C=O) groups excluding carboxylic acids is 2. The molecule has 0 saturated heterocycles. The number of amides is 1. The largest absolute Gasteiger partial charge is 0.492 e. The van der Waals surface area contributed by atoms with Crippen molar-refractivity contribution in [3.05, 3.63) is 65.2 Å². The lowest BCUT2D eigenvalue weighted by Crippen LogP contribution is -2.29. The van der Waals surface area contributed by atoms with Crippen LogP contribution in [0, 0.1) is 11.6 Å². The molecule has 7 heteroatoms. The van der Waals surface area contributed by atoms with Crippen molar-refractivity contribution < 1.29 is 27.8 Å². The van der Waals surface area contributed by atoms with Crippen LogP contribution in [0.25, 0.3) is 0 Å². The second-order valence-electron chi connectivity index (χ2n) is 5.46. The molecular weight excluding hydrogens is 332 g/mol. The summed E-state index contributed by atoms with van der Waals surface area (Å²) in [6.45, 7) is 0.276. The standard InChI is InChI=1S/C18H15F2NO4/c19-14-6-5-11(9-15(14)20)24-8-7-21-17(22)10-16-12-3-1-2-4-13(12)18(23)25-16/h1-6,9,16H,7-8,10H2,(H,21,22)/t16-/m0/s1. The molecule has 1 aliphatic heterocycles. The summed E-state index contributed by atoms with van der Waals surface area (Å²) in [5, 5.41) is 2.63. The number of halogens is 2. The average Bonchev–Trinajstić information content (AvgIpc) is 2.91. The van der Waals surface area contributed by atoms with Gasteiger partial charge in [0.1, 0.15) is 18.5 Å². The van der Waals surface area contributed by atoms with E-state index in [0.29, 0.717) is 11.1 Å². The average molecular weight is 347 g/mol. The van der Waals surface area contributed by atoms with Gasteiger partial charge in [-0.1, -0.05) is 18.2 Å². The van der Waals surface area contributed by atoms with E-state index in [0.717, 1.165) is 12.1 Å². The van der Waals surface area contributed by atoms with Crippen LogP contribution >= 0.6 is 0 Å². The number of carbonyl (C=O) groups is 2. The number of esters is 1. The predicted octanol–water partition coefficient (Wildman–Crippen LogP) is 2.76. The molecule has 0 aromatic heterocycles. The van der Waals surface area contributed by atoms with Crippen LogP contribution in [0.3, 0.4) is 0 Å². The van der Waals surface area contributed by atoms with Crippen LogP contribution < -0.4 is 10.1 Å². The third-order valence-electron chi connectivity index (χ3n) is 3.73. The molecule has 1 heterocycles. The number of rotatable bonds is 6. The molecule has 25 heavy (non-hydrogen) atoms. The van der Waals surface area contributed by atoms with Crippen molar-refractivity contribution in [1.82, 2.24) is 5.32 Å². The van der Waals surface area contributed by atoms with Gasteiger partial charge in [-0.25, -0.2) is 13.6 Å². The van der Waals surface area contributed by atoms with E-state index in [2.05, 4.69) is 5.32 Å². The molecule has 0 spiro atoms. The summed E-state index contributed by atoms with van der Waals surface area (Å²) in [5.41, 5.74) is 1.17. The Balaban J connectivity index is 1.44. The summed E-state index contributed by atoms with van der Waals surface area (Å²) in [4.78, 5) is 23.7. The highest BCUT2D eigenvalue weighted by atomic mass is 19.2. The molecule has 2 aromatic carbocycles. The molecule has 0 unspecified atom stereocenters. The van der Waals surface area contributed by atoms with Gasteiger partial charge in [0.05, 0.1) is 18.5 Å². The lowest BCUT2D eigenvalue weighted by molar-refractivity contribution is -0.123. The Morgan fingerprint density at radius 2 is 1.96 bits per heavy atom. The number of nitrogens with one attached hydrogen (secondary N) is 1. The third kappa shape index (κ3) is 3.93. The number of fused-ring (bicyclic) bond motifs is 1. The zero-order chi connectivity index (χ0) is 17.8. The molecule has 0 bridgehead atoms. The minimum Gasteiger partial charge on any atom is -0.492 e. The highest BCUT2D eigenvalue weighted by Gasteiger charge is 2.31. The van der Waals surface area contributed by atoms with Crippen LogP contribution in [0.5, 0.6) is 5.75 Å². The minimum atomic E-state index is -0.997. The lowest BCUT2D eigenvalue weighted by Gasteiger charge is -2.11. The van der Waals surface area contributed by atoms with Gasteiger partial charge in [-0.15, -0.1) is 0 Å². The van der Waals surface area contributed by atoms with Gasteiger partial charge >= 0.3 is 5.97 Å². The first kappa shape index (κ1) is 16.9. The molecule has 5 nitrogen and oxygen atoms in total. The van der Waals surface area contributed by atoms with Crippen LogP contribution in [0.1, 0.15) is 28.4 Å². The van der Waals surface area contributed by atoms with Gasteiger partial charge in [0.25, 0.3) is 0 Å². The summed E-state index contributed by atoms with van der Waals surface area (Å²) in [7, 11) is 0. The predicted molar refractivity (Wildman–Crippen MR) is 84.1 cm³/mol. The molecule has 0 fully saturated rings.